The topological polar surface area (TPSA) is 41.1 Å². The van der Waals surface area contributed by atoms with Gasteiger partial charge >= 0.3 is 0 Å². The number of rotatable bonds is 3. The van der Waals surface area contributed by atoms with Crippen molar-refractivity contribution in [1.29, 1.82) is 0 Å². The molecule has 0 aliphatic carbocycles. The van der Waals surface area contributed by atoms with E-state index < -0.39 is 0 Å². The molecule has 0 aromatic heterocycles. The molecule has 20 heavy (non-hydrogen) atoms. The van der Waals surface area contributed by atoms with Crippen molar-refractivity contribution in [2.24, 2.45) is 5.92 Å². The maximum atomic E-state index is 12.4. The molecule has 0 saturated carbocycles. The van der Waals surface area contributed by atoms with E-state index in [0.717, 1.165) is 31.6 Å². The molecule has 1 saturated heterocycles. The highest BCUT2D eigenvalue weighted by molar-refractivity contribution is 7.99. The van der Waals surface area contributed by atoms with Crippen LogP contribution in [0.3, 0.4) is 0 Å². The van der Waals surface area contributed by atoms with E-state index in [1.54, 1.807) is 0 Å². The van der Waals surface area contributed by atoms with Crippen molar-refractivity contribution >= 4 is 17.7 Å². The molecule has 108 valence electrons. The maximum absolute atomic E-state index is 12.4. The largest absolute Gasteiger partial charge is 0.352 e. The standard InChI is InChI=1S/C16H22N2OS/c19-16(18-10-12-5-8-20-9-6-12)15-3-1-2-13-11-17-7-4-14(13)15/h1-3,12,17H,4-11H2,(H,18,19). The van der Waals surface area contributed by atoms with E-state index in [4.69, 9.17) is 0 Å². The molecule has 1 fully saturated rings. The number of hydrogen-bond acceptors (Lipinski definition) is 3. The van der Waals surface area contributed by atoms with Crippen molar-refractivity contribution in [3.05, 3.63) is 34.9 Å². The van der Waals surface area contributed by atoms with E-state index in [0.29, 0.717) is 5.92 Å². The number of nitrogens with one attached hydrogen (secondary N) is 2. The van der Waals surface area contributed by atoms with Crippen LogP contribution >= 0.6 is 11.8 Å². The first-order valence-corrected chi connectivity index (χ1v) is 8.67. The third kappa shape index (κ3) is 3.18. The lowest BCUT2D eigenvalue weighted by molar-refractivity contribution is 0.0945. The zero-order valence-corrected chi connectivity index (χ0v) is 12.6. The van der Waals surface area contributed by atoms with Crippen molar-refractivity contribution in [2.75, 3.05) is 24.6 Å². The monoisotopic (exact) mass is 290 g/mol. The van der Waals surface area contributed by atoms with Crippen LogP contribution < -0.4 is 10.6 Å². The Labute approximate surface area is 124 Å². The van der Waals surface area contributed by atoms with Crippen LogP contribution in [0.2, 0.25) is 0 Å². The van der Waals surface area contributed by atoms with Gasteiger partial charge in [0.25, 0.3) is 5.91 Å². The molecule has 0 spiro atoms. The molecule has 1 aromatic rings. The van der Waals surface area contributed by atoms with Crippen molar-refractivity contribution < 1.29 is 4.79 Å². The Morgan fingerprint density at radius 2 is 2.20 bits per heavy atom. The summed E-state index contributed by atoms with van der Waals surface area (Å²) in [6.07, 6.45) is 3.43. The van der Waals surface area contributed by atoms with Crippen LogP contribution in [0.1, 0.15) is 34.3 Å². The molecule has 2 N–H and O–H groups in total. The molecule has 3 rings (SSSR count). The maximum Gasteiger partial charge on any atom is 0.251 e. The van der Waals surface area contributed by atoms with E-state index in [2.05, 4.69) is 16.7 Å². The first-order valence-electron chi connectivity index (χ1n) is 7.52. The predicted molar refractivity (Wildman–Crippen MR) is 84.2 cm³/mol. The Morgan fingerprint density at radius 3 is 3.05 bits per heavy atom. The Kier molecular flexibility index (Phi) is 4.63. The number of benzene rings is 1. The lowest BCUT2D eigenvalue weighted by atomic mass is 9.95. The second-order valence-corrected chi connectivity index (χ2v) is 6.86. The zero-order chi connectivity index (χ0) is 13.8. The smallest absolute Gasteiger partial charge is 0.251 e. The minimum atomic E-state index is 0.113. The van der Waals surface area contributed by atoms with Crippen LogP contribution in [-0.4, -0.2) is 30.5 Å². The summed E-state index contributed by atoms with van der Waals surface area (Å²) < 4.78 is 0. The van der Waals surface area contributed by atoms with Gasteiger partial charge in [-0.3, -0.25) is 4.79 Å². The number of carbonyl (C=O) groups is 1. The van der Waals surface area contributed by atoms with Gasteiger partial charge in [-0.05, 0) is 60.4 Å². The van der Waals surface area contributed by atoms with E-state index in [1.807, 2.05) is 23.9 Å². The predicted octanol–water partition coefficient (Wildman–Crippen LogP) is 2.21. The van der Waals surface area contributed by atoms with Gasteiger partial charge in [-0.15, -0.1) is 0 Å². The summed E-state index contributed by atoms with van der Waals surface area (Å²) in [6, 6.07) is 6.09. The third-order valence-corrected chi connectivity index (χ3v) is 5.33. The van der Waals surface area contributed by atoms with Gasteiger partial charge in [0.15, 0.2) is 0 Å². The van der Waals surface area contributed by atoms with Crippen LogP contribution in [0.5, 0.6) is 0 Å². The normalized spacial score (nSPS) is 19.4. The summed E-state index contributed by atoms with van der Waals surface area (Å²) in [4.78, 5) is 12.4. The van der Waals surface area contributed by atoms with Gasteiger partial charge in [0, 0.05) is 18.7 Å². The average Bonchev–Trinajstić information content (AvgIpc) is 2.53. The molecule has 4 heteroatoms. The van der Waals surface area contributed by atoms with Crippen molar-refractivity contribution in [3.63, 3.8) is 0 Å². The number of amides is 1. The van der Waals surface area contributed by atoms with Gasteiger partial charge in [-0.1, -0.05) is 12.1 Å². The van der Waals surface area contributed by atoms with Crippen LogP contribution in [0.25, 0.3) is 0 Å². The molecule has 2 heterocycles. The minimum Gasteiger partial charge on any atom is -0.352 e. The Morgan fingerprint density at radius 1 is 1.35 bits per heavy atom. The summed E-state index contributed by atoms with van der Waals surface area (Å²) in [7, 11) is 0. The SMILES string of the molecule is O=C(NCC1CCSCC1)c1cccc2c1CCNC2. The van der Waals surface area contributed by atoms with Crippen LogP contribution in [0, 0.1) is 5.92 Å². The van der Waals surface area contributed by atoms with Crippen LogP contribution in [0.4, 0.5) is 0 Å². The Bertz CT molecular complexity index is 483. The van der Waals surface area contributed by atoms with E-state index in [9.17, 15) is 4.79 Å². The number of fused-ring (bicyclic) bond motifs is 1. The molecular formula is C16H22N2OS. The second kappa shape index (κ2) is 6.64. The van der Waals surface area contributed by atoms with Crippen molar-refractivity contribution in [1.82, 2.24) is 10.6 Å². The molecule has 1 aromatic carbocycles. The minimum absolute atomic E-state index is 0.113. The Balaban J connectivity index is 1.64. The van der Waals surface area contributed by atoms with Crippen molar-refractivity contribution in [3.8, 4) is 0 Å². The molecule has 1 amide bonds. The van der Waals surface area contributed by atoms with Gasteiger partial charge in [-0.2, -0.15) is 11.8 Å². The summed E-state index contributed by atoms with van der Waals surface area (Å²) >= 11 is 2.03. The van der Waals surface area contributed by atoms with Crippen molar-refractivity contribution in [2.45, 2.75) is 25.8 Å². The summed E-state index contributed by atoms with van der Waals surface area (Å²) in [6.45, 7) is 2.69. The lowest BCUT2D eigenvalue weighted by Crippen LogP contribution is -2.33. The highest BCUT2D eigenvalue weighted by Gasteiger charge is 2.19. The fourth-order valence-corrected chi connectivity index (χ4v) is 4.23. The average molecular weight is 290 g/mol. The fourth-order valence-electron chi connectivity index (χ4n) is 3.03. The number of hydrogen-bond donors (Lipinski definition) is 2. The molecule has 0 bridgehead atoms. The molecule has 2 aliphatic heterocycles. The number of carbonyl (C=O) groups excluding carboxylic acids is 1. The molecule has 0 atom stereocenters. The third-order valence-electron chi connectivity index (χ3n) is 4.28. The number of thioether (sulfide) groups is 1. The van der Waals surface area contributed by atoms with Gasteiger partial charge in [0.1, 0.15) is 0 Å². The zero-order valence-electron chi connectivity index (χ0n) is 11.8. The van der Waals surface area contributed by atoms with E-state index in [1.165, 1.54) is 35.5 Å². The molecule has 3 nitrogen and oxygen atoms in total. The molecule has 2 aliphatic rings. The highest BCUT2D eigenvalue weighted by atomic mass is 32.2. The van der Waals surface area contributed by atoms with Gasteiger partial charge in [0.2, 0.25) is 0 Å². The van der Waals surface area contributed by atoms with Gasteiger partial charge in [-0.25, -0.2) is 0 Å². The summed E-state index contributed by atoms with van der Waals surface area (Å²) in [5.41, 5.74) is 3.40. The second-order valence-electron chi connectivity index (χ2n) is 5.64. The Hall–Kier alpha value is -1.00. The molecule has 0 unspecified atom stereocenters. The lowest BCUT2D eigenvalue weighted by Gasteiger charge is -2.23. The van der Waals surface area contributed by atoms with E-state index >= 15 is 0 Å². The van der Waals surface area contributed by atoms with Crippen LogP contribution in [0.15, 0.2) is 18.2 Å². The fraction of sp³-hybridized carbons (Fsp3) is 0.562. The van der Waals surface area contributed by atoms with E-state index in [-0.39, 0.29) is 5.91 Å². The highest BCUT2D eigenvalue weighted by Crippen LogP contribution is 2.22. The van der Waals surface area contributed by atoms with Crippen LogP contribution in [-0.2, 0) is 13.0 Å². The molecule has 0 radical (unpaired) electrons. The summed E-state index contributed by atoms with van der Waals surface area (Å²) in [5.74, 6) is 3.27. The summed E-state index contributed by atoms with van der Waals surface area (Å²) in [5, 5.41) is 6.51. The first-order chi connectivity index (χ1) is 9.84. The van der Waals surface area contributed by atoms with Gasteiger partial charge in [0.05, 0.1) is 0 Å². The van der Waals surface area contributed by atoms with Gasteiger partial charge < -0.3 is 10.6 Å². The molecular weight excluding hydrogens is 268 g/mol. The first kappa shape index (κ1) is 14.0. The quantitative estimate of drug-likeness (QED) is 0.897.